The van der Waals surface area contributed by atoms with E-state index < -0.39 is 5.97 Å². The molecule has 0 aromatic carbocycles. The minimum Gasteiger partial charge on any atom is -0.478 e. The topological polar surface area (TPSA) is 54.4 Å². The maximum absolute atomic E-state index is 11.7. The fraction of sp³-hybridized carbons (Fsp3) is 0.467. The van der Waals surface area contributed by atoms with Crippen molar-refractivity contribution < 1.29 is 14.7 Å². The summed E-state index contributed by atoms with van der Waals surface area (Å²) >= 11 is 0. The van der Waals surface area contributed by atoms with Crippen LogP contribution < -0.4 is 0 Å². The molecule has 3 atom stereocenters. The van der Waals surface area contributed by atoms with E-state index in [1.54, 1.807) is 6.08 Å². The minimum absolute atomic E-state index is 0.0286. The Morgan fingerprint density at radius 2 is 2.22 bits per heavy atom. The first-order valence-electron chi connectivity index (χ1n) is 6.19. The summed E-state index contributed by atoms with van der Waals surface area (Å²) in [6.07, 6.45) is 5.91. The van der Waals surface area contributed by atoms with Crippen LogP contribution in [-0.2, 0) is 9.59 Å². The van der Waals surface area contributed by atoms with Gasteiger partial charge >= 0.3 is 5.97 Å². The van der Waals surface area contributed by atoms with Crippen LogP contribution >= 0.6 is 0 Å². The van der Waals surface area contributed by atoms with Crippen molar-refractivity contribution in [3.05, 3.63) is 36.5 Å². The minimum atomic E-state index is -0.938. The summed E-state index contributed by atoms with van der Waals surface area (Å²) in [6, 6.07) is 0. The molecule has 1 N–H and O–H groups in total. The van der Waals surface area contributed by atoms with Gasteiger partial charge in [-0.1, -0.05) is 26.2 Å². The van der Waals surface area contributed by atoms with E-state index in [1.807, 2.05) is 6.08 Å². The average Bonchev–Trinajstić information content (AvgIpc) is 2.33. The van der Waals surface area contributed by atoms with Crippen LogP contribution in [-0.4, -0.2) is 16.9 Å². The van der Waals surface area contributed by atoms with Gasteiger partial charge in [0.1, 0.15) is 0 Å². The lowest BCUT2D eigenvalue weighted by Crippen LogP contribution is -2.39. The van der Waals surface area contributed by atoms with E-state index in [0.717, 1.165) is 12.8 Å². The zero-order valence-corrected chi connectivity index (χ0v) is 10.6. The Kier molecular flexibility index (Phi) is 3.01. The number of carbonyl (C=O) groups excluding carboxylic acids is 1. The predicted octanol–water partition coefficient (Wildman–Crippen LogP) is 2.74. The summed E-state index contributed by atoms with van der Waals surface area (Å²) in [4.78, 5) is 22.7. The molecule has 2 aliphatic rings. The highest BCUT2D eigenvalue weighted by Crippen LogP contribution is 2.50. The molecule has 0 saturated heterocycles. The van der Waals surface area contributed by atoms with Gasteiger partial charge in [-0.3, -0.25) is 4.79 Å². The van der Waals surface area contributed by atoms with Crippen molar-refractivity contribution in [2.45, 2.75) is 26.2 Å². The molecule has 2 aliphatic carbocycles. The van der Waals surface area contributed by atoms with Gasteiger partial charge in [-0.15, -0.1) is 0 Å². The largest absolute Gasteiger partial charge is 0.478 e. The first-order valence-corrected chi connectivity index (χ1v) is 6.19. The number of fused-ring (bicyclic) bond motifs is 1. The Balaban J connectivity index is 2.25. The molecule has 2 rings (SSSR count). The zero-order chi connectivity index (χ0) is 13.5. The third-order valence-electron chi connectivity index (χ3n) is 4.47. The summed E-state index contributed by atoms with van der Waals surface area (Å²) in [5.41, 5.74) is 0.815. The van der Waals surface area contributed by atoms with Gasteiger partial charge < -0.3 is 5.11 Å². The van der Waals surface area contributed by atoms with Gasteiger partial charge in [-0.25, -0.2) is 4.79 Å². The number of carboxylic acids is 1. The molecule has 0 bridgehead atoms. The van der Waals surface area contributed by atoms with Gasteiger partial charge in [0.05, 0.1) is 0 Å². The van der Waals surface area contributed by atoms with E-state index in [2.05, 4.69) is 20.1 Å². The lowest BCUT2D eigenvalue weighted by molar-refractivity contribution is -0.133. The number of ketones is 1. The van der Waals surface area contributed by atoms with Gasteiger partial charge in [0.25, 0.3) is 0 Å². The molecule has 0 unspecified atom stereocenters. The fourth-order valence-electron chi connectivity index (χ4n) is 3.11. The fourth-order valence-corrected chi connectivity index (χ4v) is 3.11. The first kappa shape index (κ1) is 12.8. The maximum Gasteiger partial charge on any atom is 0.331 e. The molecule has 1 saturated carbocycles. The third kappa shape index (κ3) is 1.94. The van der Waals surface area contributed by atoms with Crippen molar-refractivity contribution in [3.8, 4) is 0 Å². The molecule has 96 valence electrons. The Bertz CT molecular complexity index is 472. The van der Waals surface area contributed by atoms with Crippen LogP contribution in [0, 0.1) is 17.3 Å². The second kappa shape index (κ2) is 4.23. The molecule has 3 heteroatoms. The molecule has 0 radical (unpaired) electrons. The molecule has 0 aliphatic heterocycles. The van der Waals surface area contributed by atoms with Crippen molar-refractivity contribution in [2.75, 3.05) is 0 Å². The van der Waals surface area contributed by atoms with E-state index in [1.165, 1.54) is 0 Å². The van der Waals surface area contributed by atoms with Gasteiger partial charge in [-0.2, -0.15) is 0 Å². The SMILES string of the molecule is C=C(C(=O)O)[C@@H]1CC[C@@]2(C)C=CC(=O)C(=C)[C@H]2C1. The van der Waals surface area contributed by atoms with Crippen LogP contribution in [0.2, 0.25) is 0 Å². The monoisotopic (exact) mass is 246 g/mol. The van der Waals surface area contributed by atoms with Crippen LogP contribution in [0.25, 0.3) is 0 Å². The number of carbonyl (C=O) groups is 2. The van der Waals surface area contributed by atoms with Crippen LogP contribution in [0.1, 0.15) is 26.2 Å². The highest BCUT2D eigenvalue weighted by Gasteiger charge is 2.44. The van der Waals surface area contributed by atoms with Crippen LogP contribution in [0.4, 0.5) is 0 Å². The van der Waals surface area contributed by atoms with Crippen molar-refractivity contribution in [1.82, 2.24) is 0 Å². The summed E-state index contributed by atoms with van der Waals surface area (Å²) in [5.74, 6) is -0.965. The summed E-state index contributed by atoms with van der Waals surface area (Å²) in [6.45, 7) is 9.65. The van der Waals surface area contributed by atoms with Crippen LogP contribution in [0.5, 0.6) is 0 Å². The second-order valence-electron chi connectivity index (χ2n) is 5.58. The Hall–Kier alpha value is -1.64. The van der Waals surface area contributed by atoms with E-state index >= 15 is 0 Å². The highest BCUT2D eigenvalue weighted by molar-refractivity contribution is 6.05. The first-order chi connectivity index (χ1) is 8.35. The van der Waals surface area contributed by atoms with Crippen molar-refractivity contribution in [3.63, 3.8) is 0 Å². The molecule has 18 heavy (non-hydrogen) atoms. The molecule has 0 heterocycles. The molecule has 1 fully saturated rings. The number of hydrogen-bond donors (Lipinski definition) is 1. The summed E-state index contributed by atoms with van der Waals surface area (Å²) < 4.78 is 0. The quantitative estimate of drug-likeness (QED) is 0.762. The molecular formula is C15H18O3. The second-order valence-corrected chi connectivity index (χ2v) is 5.58. The van der Waals surface area contributed by atoms with E-state index in [9.17, 15) is 9.59 Å². The standard InChI is InChI=1S/C15H18O3/c1-9(14(17)18)11-4-6-15(3)7-5-13(16)10(2)12(15)8-11/h5,7,11-12H,1-2,4,6,8H2,3H3,(H,17,18)/t11-,12-,15+/m1/s1. The Morgan fingerprint density at radius 3 is 2.83 bits per heavy atom. The smallest absolute Gasteiger partial charge is 0.331 e. The maximum atomic E-state index is 11.7. The molecule has 0 spiro atoms. The van der Waals surface area contributed by atoms with E-state index in [0.29, 0.717) is 12.0 Å². The number of carboxylic acid groups (broad SMARTS) is 1. The number of aliphatic carboxylic acids is 1. The van der Waals surface area contributed by atoms with Crippen molar-refractivity contribution in [2.24, 2.45) is 17.3 Å². The third-order valence-corrected chi connectivity index (χ3v) is 4.47. The van der Waals surface area contributed by atoms with E-state index in [-0.39, 0.29) is 28.6 Å². The van der Waals surface area contributed by atoms with Gasteiger partial charge in [0, 0.05) is 5.57 Å². The van der Waals surface area contributed by atoms with Gasteiger partial charge in [0.2, 0.25) is 0 Å². The highest BCUT2D eigenvalue weighted by atomic mass is 16.4. The number of rotatable bonds is 2. The molecule has 0 aromatic heterocycles. The normalized spacial score (nSPS) is 35.2. The molecule has 0 amide bonds. The average molecular weight is 246 g/mol. The summed E-state index contributed by atoms with van der Waals surface area (Å²) in [5, 5.41) is 9.01. The predicted molar refractivity (Wildman–Crippen MR) is 69.0 cm³/mol. The van der Waals surface area contributed by atoms with Crippen LogP contribution in [0.3, 0.4) is 0 Å². The molecular weight excluding hydrogens is 228 g/mol. The van der Waals surface area contributed by atoms with Crippen LogP contribution in [0.15, 0.2) is 36.5 Å². The van der Waals surface area contributed by atoms with Gasteiger partial charge in [0.15, 0.2) is 5.78 Å². The van der Waals surface area contributed by atoms with Crippen molar-refractivity contribution in [1.29, 1.82) is 0 Å². The van der Waals surface area contributed by atoms with Crippen molar-refractivity contribution >= 4 is 11.8 Å². The lowest BCUT2D eigenvalue weighted by Gasteiger charge is -2.45. The zero-order valence-electron chi connectivity index (χ0n) is 10.6. The Morgan fingerprint density at radius 1 is 1.56 bits per heavy atom. The summed E-state index contributed by atoms with van der Waals surface area (Å²) in [7, 11) is 0. The molecule has 3 nitrogen and oxygen atoms in total. The Labute approximate surface area is 107 Å². The van der Waals surface area contributed by atoms with E-state index in [4.69, 9.17) is 5.11 Å². The molecule has 0 aromatic rings. The lowest BCUT2D eigenvalue weighted by atomic mass is 9.58. The number of hydrogen-bond acceptors (Lipinski definition) is 2. The number of allylic oxidation sites excluding steroid dienone is 3. The van der Waals surface area contributed by atoms with Gasteiger partial charge in [-0.05, 0) is 48.2 Å².